The maximum Gasteiger partial charge on any atom is 0.222 e. The molecule has 0 bridgehead atoms. The number of carbonyl (C=O) groups excluding carboxylic acids is 1. The fourth-order valence-electron chi connectivity index (χ4n) is 5.91. The normalized spacial score (nSPS) is 21.7. The van der Waals surface area contributed by atoms with Gasteiger partial charge in [-0.1, -0.05) is 25.3 Å². The maximum absolute atomic E-state index is 13.1. The second kappa shape index (κ2) is 10.2. The fraction of sp³-hybridized carbons (Fsp3) is 0.630. The second-order valence-corrected chi connectivity index (χ2v) is 10.2. The molecule has 1 saturated carbocycles. The van der Waals surface area contributed by atoms with Gasteiger partial charge in [0.1, 0.15) is 11.6 Å². The van der Waals surface area contributed by atoms with Gasteiger partial charge in [-0.15, -0.1) is 0 Å². The predicted octanol–water partition coefficient (Wildman–Crippen LogP) is 4.81. The standard InChI is InChI=1S/C27H37N5O/c1-20-24-13-8-16-32(19-23-12-5-6-14-28-23)27(24)30-26(29-20)22-11-7-15-31(18-22)25(33)17-21-9-3-2-4-10-21/h5-6,12,14,21-22H,2-4,7-11,13,15-19H2,1H3. The number of aryl methyl sites for hydroxylation is 1. The van der Waals surface area contributed by atoms with Gasteiger partial charge in [-0.25, -0.2) is 9.97 Å². The van der Waals surface area contributed by atoms with E-state index in [9.17, 15) is 4.79 Å². The lowest BCUT2D eigenvalue weighted by atomic mass is 9.86. The molecule has 1 saturated heterocycles. The van der Waals surface area contributed by atoms with Crippen molar-refractivity contribution in [2.75, 3.05) is 24.5 Å². The summed E-state index contributed by atoms with van der Waals surface area (Å²) < 4.78 is 0. The van der Waals surface area contributed by atoms with Crippen LogP contribution in [0.25, 0.3) is 0 Å². The first kappa shape index (κ1) is 22.3. The van der Waals surface area contributed by atoms with E-state index < -0.39 is 0 Å². The summed E-state index contributed by atoms with van der Waals surface area (Å²) in [7, 11) is 0. The molecule has 0 N–H and O–H groups in total. The molecule has 6 nitrogen and oxygen atoms in total. The summed E-state index contributed by atoms with van der Waals surface area (Å²) in [6, 6.07) is 6.09. The fourth-order valence-corrected chi connectivity index (χ4v) is 5.91. The zero-order chi connectivity index (χ0) is 22.6. The average Bonchev–Trinajstić information content (AvgIpc) is 2.86. The molecule has 0 radical (unpaired) electrons. The molecule has 1 unspecified atom stereocenters. The predicted molar refractivity (Wildman–Crippen MR) is 130 cm³/mol. The number of fused-ring (bicyclic) bond motifs is 1. The molecule has 3 aliphatic rings. The molecular formula is C27H37N5O. The van der Waals surface area contributed by atoms with Gasteiger partial charge < -0.3 is 9.80 Å². The molecule has 2 aromatic rings. The highest BCUT2D eigenvalue weighted by molar-refractivity contribution is 5.76. The van der Waals surface area contributed by atoms with Crippen LogP contribution >= 0.6 is 0 Å². The molecule has 1 aliphatic carbocycles. The number of hydrogen-bond acceptors (Lipinski definition) is 5. The van der Waals surface area contributed by atoms with Crippen LogP contribution in [0.1, 0.15) is 86.5 Å². The molecule has 2 aliphatic heterocycles. The zero-order valence-corrected chi connectivity index (χ0v) is 20.0. The molecule has 2 fully saturated rings. The number of carbonyl (C=O) groups is 1. The van der Waals surface area contributed by atoms with E-state index >= 15 is 0 Å². The molecule has 0 spiro atoms. The van der Waals surface area contributed by atoms with Gasteiger partial charge in [0.15, 0.2) is 0 Å². The molecule has 1 atom stereocenters. The van der Waals surface area contributed by atoms with E-state index in [0.717, 1.165) is 81.3 Å². The van der Waals surface area contributed by atoms with Crippen LogP contribution in [0.4, 0.5) is 5.82 Å². The first-order valence-corrected chi connectivity index (χ1v) is 13.0. The second-order valence-electron chi connectivity index (χ2n) is 10.2. The number of nitrogens with zero attached hydrogens (tertiary/aromatic N) is 5. The van der Waals surface area contributed by atoms with Crippen molar-refractivity contribution >= 4 is 11.7 Å². The zero-order valence-electron chi connectivity index (χ0n) is 20.0. The maximum atomic E-state index is 13.1. The van der Waals surface area contributed by atoms with E-state index in [1.54, 1.807) is 0 Å². The summed E-state index contributed by atoms with van der Waals surface area (Å²) in [5.41, 5.74) is 3.45. The monoisotopic (exact) mass is 447 g/mol. The van der Waals surface area contributed by atoms with Gasteiger partial charge in [0, 0.05) is 49.4 Å². The van der Waals surface area contributed by atoms with Gasteiger partial charge in [-0.2, -0.15) is 0 Å². The van der Waals surface area contributed by atoms with Gasteiger partial charge >= 0.3 is 0 Å². The topological polar surface area (TPSA) is 62.2 Å². The van der Waals surface area contributed by atoms with Gasteiger partial charge in [0.2, 0.25) is 5.91 Å². The van der Waals surface area contributed by atoms with Crippen molar-refractivity contribution in [1.29, 1.82) is 0 Å². The van der Waals surface area contributed by atoms with E-state index in [1.807, 2.05) is 18.3 Å². The first-order valence-electron chi connectivity index (χ1n) is 13.0. The number of aromatic nitrogens is 3. The Labute approximate surface area is 197 Å². The Bertz CT molecular complexity index is 956. The van der Waals surface area contributed by atoms with Crippen LogP contribution in [-0.4, -0.2) is 45.4 Å². The third-order valence-electron chi connectivity index (χ3n) is 7.77. The average molecular weight is 448 g/mol. The van der Waals surface area contributed by atoms with Crippen LogP contribution in [0.5, 0.6) is 0 Å². The molecule has 176 valence electrons. The number of rotatable bonds is 5. The lowest BCUT2D eigenvalue weighted by Crippen LogP contribution is -2.40. The minimum Gasteiger partial charge on any atom is -0.350 e. The number of likely N-dealkylation sites (tertiary alicyclic amines) is 1. The van der Waals surface area contributed by atoms with Crippen molar-refractivity contribution in [3.63, 3.8) is 0 Å². The minimum atomic E-state index is 0.233. The van der Waals surface area contributed by atoms with Crippen LogP contribution in [0.3, 0.4) is 0 Å². The smallest absolute Gasteiger partial charge is 0.222 e. The Kier molecular flexibility index (Phi) is 6.88. The number of pyridine rings is 1. The van der Waals surface area contributed by atoms with Crippen LogP contribution in [0.15, 0.2) is 24.4 Å². The number of hydrogen-bond donors (Lipinski definition) is 0. The molecule has 2 aromatic heterocycles. The summed E-state index contributed by atoms with van der Waals surface area (Å²) in [4.78, 5) is 32.2. The van der Waals surface area contributed by atoms with Gasteiger partial charge in [0.25, 0.3) is 0 Å². The lowest BCUT2D eigenvalue weighted by molar-refractivity contribution is -0.133. The Hall–Kier alpha value is -2.50. The summed E-state index contributed by atoms with van der Waals surface area (Å²) in [5, 5.41) is 0. The molecule has 1 amide bonds. The minimum absolute atomic E-state index is 0.233. The van der Waals surface area contributed by atoms with Crippen LogP contribution < -0.4 is 4.90 Å². The first-order chi connectivity index (χ1) is 16.2. The van der Waals surface area contributed by atoms with Crippen molar-refractivity contribution in [3.05, 3.63) is 47.2 Å². The molecule has 6 heteroatoms. The van der Waals surface area contributed by atoms with Crippen LogP contribution in [0, 0.1) is 12.8 Å². The van der Waals surface area contributed by atoms with Crippen molar-refractivity contribution in [2.45, 2.75) is 83.6 Å². The molecule has 4 heterocycles. The van der Waals surface area contributed by atoms with E-state index in [-0.39, 0.29) is 5.92 Å². The van der Waals surface area contributed by atoms with E-state index in [1.165, 1.54) is 37.7 Å². The molecule has 33 heavy (non-hydrogen) atoms. The SMILES string of the molecule is Cc1nc(C2CCCN(C(=O)CC3CCCCC3)C2)nc2c1CCCN2Cc1ccccn1. The van der Waals surface area contributed by atoms with Crippen molar-refractivity contribution in [1.82, 2.24) is 19.9 Å². The summed E-state index contributed by atoms with van der Waals surface area (Å²) in [5.74, 6) is 3.18. The summed E-state index contributed by atoms with van der Waals surface area (Å²) >= 11 is 0. The highest BCUT2D eigenvalue weighted by Crippen LogP contribution is 2.33. The third-order valence-corrected chi connectivity index (χ3v) is 7.77. The molecular weight excluding hydrogens is 410 g/mol. The molecule has 0 aromatic carbocycles. The van der Waals surface area contributed by atoms with E-state index in [0.29, 0.717) is 11.8 Å². The Balaban J connectivity index is 1.32. The number of amides is 1. The van der Waals surface area contributed by atoms with Crippen LogP contribution in [-0.2, 0) is 17.8 Å². The third kappa shape index (κ3) is 5.20. The Morgan fingerprint density at radius 3 is 2.73 bits per heavy atom. The Morgan fingerprint density at radius 1 is 1.03 bits per heavy atom. The van der Waals surface area contributed by atoms with Crippen molar-refractivity contribution in [3.8, 4) is 0 Å². The van der Waals surface area contributed by atoms with Crippen molar-refractivity contribution in [2.24, 2.45) is 5.92 Å². The highest BCUT2D eigenvalue weighted by Gasteiger charge is 2.30. The van der Waals surface area contributed by atoms with Crippen molar-refractivity contribution < 1.29 is 4.79 Å². The quantitative estimate of drug-likeness (QED) is 0.658. The van der Waals surface area contributed by atoms with Gasteiger partial charge in [0.05, 0.1) is 12.2 Å². The summed E-state index contributed by atoms with van der Waals surface area (Å²) in [6.45, 7) is 5.56. The van der Waals surface area contributed by atoms with Crippen LogP contribution in [0.2, 0.25) is 0 Å². The Morgan fingerprint density at radius 2 is 1.91 bits per heavy atom. The number of anilines is 1. The lowest BCUT2D eigenvalue weighted by Gasteiger charge is -2.35. The highest BCUT2D eigenvalue weighted by atomic mass is 16.2. The van der Waals surface area contributed by atoms with E-state index in [4.69, 9.17) is 9.97 Å². The van der Waals surface area contributed by atoms with Gasteiger partial charge in [-0.05, 0) is 63.5 Å². The molecule has 5 rings (SSSR count). The van der Waals surface area contributed by atoms with Gasteiger partial charge in [-0.3, -0.25) is 9.78 Å². The number of piperidine rings is 1. The largest absolute Gasteiger partial charge is 0.350 e. The van der Waals surface area contributed by atoms with E-state index in [2.05, 4.69) is 27.8 Å². The summed E-state index contributed by atoms with van der Waals surface area (Å²) in [6.07, 6.45) is 13.2.